The van der Waals surface area contributed by atoms with Crippen molar-refractivity contribution in [3.63, 3.8) is 0 Å². The van der Waals surface area contributed by atoms with Crippen LogP contribution in [0.2, 0.25) is 5.15 Å². The number of fused-ring (bicyclic) bond motifs is 1. The molecule has 0 aliphatic rings. The molecule has 0 amide bonds. The number of rotatable bonds is 10. The third-order valence-electron chi connectivity index (χ3n) is 5.03. The van der Waals surface area contributed by atoms with Gasteiger partial charge < -0.3 is 15.5 Å². The molecule has 0 aliphatic heterocycles. The van der Waals surface area contributed by atoms with Gasteiger partial charge in [0.1, 0.15) is 22.5 Å². The van der Waals surface area contributed by atoms with E-state index in [9.17, 15) is 4.79 Å². The normalized spacial score (nSPS) is 12.3. The van der Waals surface area contributed by atoms with E-state index in [-0.39, 0.29) is 6.04 Å². The molecule has 154 valence electrons. The van der Waals surface area contributed by atoms with Crippen molar-refractivity contribution in [2.24, 2.45) is 5.73 Å². The summed E-state index contributed by atoms with van der Waals surface area (Å²) in [6.07, 6.45) is 4.85. The van der Waals surface area contributed by atoms with Gasteiger partial charge in [0.05, 0.1) is 24.2 Å². The minimum atomic E-state index is -0.248. The number of aromatic nitrogens is 3. The number of carbonyl (C=O) groups excluding carboxylic acids is 1. The van der Waals surface area contributed by atoms with Crippen molar-refractivity contribution in [1.29, 1.82) is 0 Å². The molecule has 3 rings (SSSR count). The van der Waals surface area contributed by atoms with Crippen LogP contribution in [0.15, 0.2) is 30.3 Å². The van der Waals surface area contributed by atoms with Crippen molar-refractivity contribution in [3.8, 4) is 17.1 Å². The van der Waals surface area contributed by atoms with Gasteiger partial charge in [-0.1, -0.05) is 49.6 Å². The summed E-state index contributed by atoms with van der Waals surface area (Å²) in [6, 6.07) is 9.55. The number of unbranched alkanes of at least 4 members (excludes halogenated alkanes) is 2. The standard InChI is InChI=1S/C22H27ClN4O2/c1-3-15(28)10-5-4-6-11-17(24)21-26-19(20(23)27-21)16-13-14-9-7-8-12-18(14)25-22(16)29-2/h7-9,12-13,17H,3-6,10-11,24H2,1-2H3,(H,26,27)/t17-/m0/s1. The molecule has 0 bridgehead atoms. The summed E-state index contributed by atoms with van der Waals surface area (Å²) in [5.41, 5.74) is 8.47. The summed E-state index contributed by atoms with van der Waals surface area (Å²) in [5, 5.41) is 1.40. The summed E-state index contributed by atoms with van der Waals surface area (Å²) in [4.78, 5) is 23.7. The third kappa shape index (κ3) is 5.14. The van der Waals surface area contributed by atoms with Gasteiger partial charge in [-0.05, 0) is 25.0 Å². The fraction of sp³-hybridized carbons (Fsp3) is 0.409. The van der Waals surface area contributed by atoms with Crippen LogP contribution in [0, 0.1) is 0 Å². The van der Waals surface area contributed by atoms with Gasteiger partial charge in [0.25, 0.3) is 0 Å². The molecule has 0 saturated carbocycles. The highest BCUT2D eigenvalue weighted by atomic mass is 35.5. The predicted octanol–water partition coefficient (Wildman–Crippen LogP) is 5.22. The number of ketones is 1. The number of imidazole rings is 1. The molecule has 0 fully saturated rings. The lowest BCUT2D eigenvalue weighted by Gasteiger charge is -2.09. The minimum Gasteiger partial charge on any atom is -0.480 e. The van der Waals surface area contributed by atoms with E-state index in [1.54, 1.807) is 7.11 Å². The van der Waals surface area contributed by atoms with Gasteiger partial charge >= 0.3 is 0 Å². The predicted molar refractivity (Wildman–Crippen MR) is 116 cm³/mol. The molecular weight excluding hydrogens is 388 g/mol. The van der Waals surface area contributed by atoms with Crippen LogP contribution in [0.5, 0.6) is 5.88 Å². The Labute approximate surface area is 175 Å². The number of nitrogens with zero attached hydrogens (tertiary/aromatic N) is 2. The molecule has 0 saturated heterocycles. The van der Waals surface area contributed by atoms with Crippen molar-refractivity contribution in [2.45, 2.75) is 51.5 Å². The van der Waals surface area contributed by atoms with E-state index >= 15 is 0 Å². The molecule has 2 aromatic heterocycles. The first-order valence-electron chi connectivity index (χ1n) is 10.00. The zero-order valence-corrected chi connectivity index (χ0v) is 17.6. The van der Waals surface area contributed by atoms with Crippen LogP contribution in [-0.2, 0) is 4.79 Å². The summed E-state index contributed by atoms with van der Waals surface area (Å²) < 4.78 is 5.47. The number of pyridine rings is 1. The second kappa shape index (κ2) is 9.85. The van der Waals surface area contributed by atoms with Gasteiger partial charge in [-0.2, -0.15) is 0 Å². The maximum absolute atomic E-state index is 11.4. The number of para-hydroxylation sites is 1. The lowest BCUT2D eigenvalue weighted by atomic mass is 10.1. The van der Waals surface area contributed by atoms with Crippen LogP contribution in [0.4, 0.5) is 0 Å². The number of nitrogens with one attached hydrogen (secondary N) is 1. The van der Waals surface area contributed by atoms with Crippen molar-refractivity contribution in [2.75, 3.05) is 7.11 Å². The van der Waals surface area contributed by atoms with Crippen molar-refractivity contribution in [1.82, 2.24) is 15.0 Å². The molecule has 29 heavy (non-hydrogen) atoms. The Balaban J connectivity index is 1.73. The summed E-state index contributed by atoms with van der Waals surface area (Å²) in [7, 11) is 1.58. The van der Waals surface area contributed by atoms with Crippen molar-refractivity contribution in [3.05, 3.63) is 41.3 Å². The monoisotopic (exact) mass is 414 g/mol. The van der Waals surface area contributed by atoms with Gasteiger partial charge in [-0.25, -0.2) is 9.97 Å². The van der Waals surface area contributed by atoms with Crippen LogP contribution in [0.1, 0.15) is 57.3 Å². The van der Waals surface area contributed by atoms with Gasteiger partial charge in [0.2, 0.25) is 5.88 Å². The number of benzene rings is 1. The smallest absolute Gasteiger partial charge is 0.223 e. The number of H-pyrrole nitrogens is 1. The number of hydrogen-bond acceptors (Lipinski definition) is 5. The second-order valence-electron chi connectivity index (χ2n) is 7.12. The highest BCUT2D eigenvalue weighted by Crippen LogP contribution is 2.35. The van der Waals surface area contributed by atoms with Gasteiger partial charge in [0.15, 0.2) is 0 Å². The number of aromatic amines is 1. The van der Waals surface area contributed by atoms with Gasteiger partial charge in [0, 0.05) is 18.2 Å². The summed E-state index contributed by atoms with van der Waals surface area (Å²) in [5.74, 6) is 1.43. The average molecular weight is 415 g/mol. The van der Waals surface area contributed by atoms with E-state index in [1.807, 2.05) is 37.3 Å². The van der Waals surface area contributed by atoms with E-state index in [2.05, 4.69) is 15.0 Å². The first kappa shape index (κ1) is 21.3. The van der Waals surface area contributed by atoms with Gasteiger partial charge in [-0.15, -0.1) is 0 Å². The minimum absolute atomic E-state index is 0.248. The van der Waals surface area contributed by atoms with E-state index in [0.717, 1.165) is 42.1 Å². The molecule has 3 aromatic rings. The Hall–Kier alpha value is -2.44. The first-order valence-corrected chi connectivity index (χ1v) is 10.4. The molecule has 1 aromatic carbocycles. The largest absolute Gasteiger partial charge is 0.480 e. The zero-order valence-electron chi connectivity index (χ0n) is 16.9. The lowest BCUT2D eigenvalue weighted by molar-refractivity contribution is -0.118. The summed E-state index contributed by atoms with van der Waals surface area (Å²) >= 11 is 6.44. The molecule has 1 atom stereocenters. The van der Waals surface area contributed by atoms with Crippen LogP contribution in [0.25, 0.3) is 22.2 Å². The molecule has 0 aliphatic carbocycles. The molecule has 0 unspecified atom stereocenters. The molecule has 6 nitrogen and oxygen atoms in total. The zero-order chi connectivity index (χ0) is 20.8. The number of halogens is 1. The Morgan fingerprint density at radius 2 is 2.03 bits per heavy atom. The number of ether oxygens (including phenoxy) is 1. The third-order valence-corrected chi connectivity index (χ3v) is 5.31. The SMILES string of the molecule is CCC(=O)CCCCC[C@H](N)c1nc(-c2cc3ccccc3nc2OC)c(Cl)[nH]1. The van der Waals surface area contributed by atoms with Crippen LogP contribution in [0.3, 0.4) is 0 Å². The van der Waals surface area contributed by atoms with Crippen molar-refractivity contribution >= 4 is 28.3 Å². The van der Waals surface area contributed by atoms with E-state index in [1.165, 1.54) is 0 Å². The fourth-order valence-corrected chi connectivity index (χ4v) is 3.56. The number of hydrogen-bond donors (Lipinski definition) is 2. The maximum Gasteiger partial charge on any atom is 0.223 e. The molecule has 0 spiro atoms. The maximum atomic E-state index is 11.4. The second-order valence-corrected chi connectivity index (χ2v) is 7.50. The number of Topliss-reactive ketones (excluding diaryl/α,β-unsaturated/α-hetero) is 1. The first-order chi connectivity index (χ1) is 14.0. The fourth-order valence-electron chi connectivity index (χ4n) is 3.32. The topological polar surface area (TPSA) is 93.9 Å². The Bertz CT molecular complexity index is 986. The van der Waals surface area contributed by atoms with E-state index in [0.29, 0.717) is 41.2 Å². The number of carbonyl (C=O) groups is 1. The van der Waals surface area contributed by atoms with E-state index in [4.69, 9.17) is 22.1 Å². The van der Waals surface area contributed by atoms with E-state index < -0.39 is 0 Å². The van der Waals surface area contributed by atoms with Crippen LogP contribution < -0.4 is 10.5 Å². The Morgan fingerprint density at radius 1 is 1.24 bits per heavy atom. The Kier molecular flexibility index (Phi) is 7.23. The van der Waals surface area contributed by atoms with Crippen LogP contribution >= 0.6 is 11.6 Å². The van der Waals surface area contributed by atoms with Gasteiger partial charge in [-0.3, -0.25) is 4.79 Å². The summed E-state index contributed by atoms with van der Waals surface area (Å²) in [6.45, 7) is 1.90. The molecule has 3 N–H and O–H groups in total. The quantitative estimate of drug-likeness (QED) is 0.444. The number of nitrogens with two attached hydrogens (primary N) is 1. The molecular formula is C22H27ClN4O2. The lowest BCUT2D eigenvalue weighted by Crippen LogP contribution is -2.12. The Morgan fingerprint density at radius 3 is 2.79 bits per heavy atom. The van der Waals surface area contributed by atoms with Crippen LogP contribution in [-0.4, -0.2) is 27.8 Å². The number of methoxy groups -OCH3 is 1. The molecule has 2 heterocycles. The molecule has 7 heteroatoms. The highest BCUT2D eigenvalue weighted by Gasteiger charge is 2.19. The van der Waals surface area contributed by atoms with Crippen molar-refractivity contribution < 1.29 is 9.53 Å². The highest BCUT2D eigenvalue weighted by molar-refractivity contribution is 6.32. The average Bonchev–Trinajstić information content (AvgIpc) is 3.13. The molecule has 0 radical (unpaired) electrons.